The van der Waals surface area contributed by atoms with Crippen molar-refractivity contribution in [2.45, 2.75) is 20.3 Å². The highest BCUT2D eigenvalue weighted by atomic mass is 19.1. The molecule has 0 aliphatic carbocycles. The largest absolute Gasteiger partial charge is 0.370 e. The molecule has 1 heterocycles. The Balaban J connectivity index is 1.63. The summed E-state index contributed by atoms with van der Waals surface area (Å²) in [5, 5.41) is 6.08. The summed E-state index contributed by atoms with van der Waals surface area (Å²) in [6.07, 6.45) is 2.12. The summed E-state index contributed by atoms with van der Waals surface area (Å²) in [5.41, 5.74) is 4.05. The molecule has 0 aliphatic rings. The minimum absolute atomic E-state index is 0.191. The minimum atomic E-state index is -0.214. The number of halogens is 1. The molecule has 0 saturated heterocycles. The smallest absolute Gasteiger partial charge is 0.255 e. The zero-order valence-electron chi connectivity index (χ0n) is 15.4. The van der Waals surface area contributed by atoms with Crippen LogP contribution in [0.2, 0.25) is 0 Å². The van der Waals surface area contributed by atoms with Crippen LogP contribution in [-0.2, 0) is 6.42 Å². The Morgan fingerprint density at radius 3 is 2.70 bits per heavy atom. The van der Waals surface area contributed by atoms with Gasteiger partial charge in [-0.25, -0.2) is 9.37 Å². The van der Waals surface area contributed by atoms with Gasteiger partial charge in [-0.15, -0.1) is 0 Å². The number of carbonyl (C=O) groups excluding carboxylic acids is 1. The van der Waals surface area contributed by atoms with Crippen LogP contribution in [0.3, 0.4) is 0 Å². The van der Waals surface area contributed by atoms with Crippen molar-refractivity contribution in [1.82, 2.24) is 4.98 Å². The van der Waals surface area contributed by atoms with E-state index in [1.54, 1.807) is 30.5 Å². The van der Waals surface area contributed by atoms with Crippen LogP contribution in [-0.4, -0.2) is 17.4 Å². The minimum Gasteiger partial charge on any atom is -0.370 e. The maximum absolute atomic E-state index is 13.7. The summed E-state index contributed by atoms with van der Waals surface area (Å²) in [5.74, 6) is 0.178. The van der Waals surface area contributed by atoms with Gasteiger partial charge in [-0.05, 0) is 61.2 Å². The van der Waals surface area contributed by atoms with Gasteiger partial charge in [-0.2, -0.15) is 0 Å². The Kier molecular flexibility index (Phi) is 5.81. The van der Waals surface area contributed by atoms with Crippen LogP contribution in [0.1, 0.15) is 27.0 Å². The fraction of sp³-hybridized carbons (Fsp3) is 0.182. The lowest BCUT2D eigenvalue weighted by Crippen LogP contribution is -2.14. The van der Waals surface area contributed by atoms with Crippen molar-refractivity contribution in [2.24, 2.45) is 0 Å². The molecule has 1 aromatic heterocycles. The number of hydrogen-bond donors (Lipinski definition) is 2. The van der Waals surface area contributed by atoms with Gasteiger partial charge in [0.2, 0.25) is 0 Å². The van der Waals surface area contributed by atoms with Crippen LogP contribution in [0.5, 0.6) is 0 Å². The zero-order valence-corrected chi connectivity index (χ0v) is 15.4. The Morgan fingerprint density at radius 2 is 1.89 bits per heavy atom. The second kappa shape index (κ2) is 8.45. The van der Waals surface area contributed by atoms with Crippen molar-refractivity contribution >= 4 is 17.4 Å². The number of benzene rings is 2. The van der Waals surface area contributed by atoms with Gasteiger partial charge in [0.15, 0.2) is 0 Å². The molecule has 2 aromatic carbocycles. The van der Waals surface area contributed by atoms with Crippen LogP contribution in [0.4, 0.5) is 15.9 Å². The lowest BCUT2D eigenvalue weighted by molar-refractivity contribution is 0.102. The Bertz CT molecular complexity index is 956. The van der Waals surface area contributed by atoms with E-state index >= 15 is 0 Å². The van der Waals surface area contributed by atoms with E-state index in [2.05, 4.69) is 15.6 Å². The van der Waals surface area contributed by atoms with Gasteiger partial charge in [-0.3, -0.25) is 4.79 Å². The molecular formula is C22H22FN3O. The van der Waals surface area contributed by atoms with Gasteiger partial charge in [-0.1, -0.05) is 30.3 Å². The van der Waals surface area contributed by atoms with Crippen LogP contribution < -0.4 is 10.6 Å². The number of amides is 1. The summed E-state index contributed by atoms with van der Waals surface area (Å²) >= 11 is 0. The molecule has 0 saturated carbocycles. The van der Waals surface area contributed by atoms with E-state index in [0.717, 1.165) is 16.8 Å². The van der Waals surface area contributed by atoms with E-state index in [9.17, 15) is 9.18 Å². The fourth-order valence-electron chi connectivity index (χ4n) is 2.76. The molecule has 2 N–H and O–H groups in total. The monoisotopic (exact) mass is 363 g/mol. The standard InChI is InChI=1S/C22H22FN3O/c1-15-7-8-16(2)20(13-15)26-22(27)18-10-12-25-21(14-18)24-11-9-17-5-3-4-6-19(17)23/h3-8,10,12-14H,9,11H2,1-2H3,(H,24,25)(H,26,27). The first kappa shape index (κ1) is 18.6. The van der Waals surface area contributed by atoms with E-state index in [4.69, 9.17) is 0 Å². The molecule has 27 heavy (non-hydrogen) atoms. The van der Waals surface area contributed by atoms with Crippen molar-refractivity contribution in [1.29, 1.82) is 0 Å². The number of aryl methyl sites for hydroxylation is 2. The summed E-state index contributed by atoms with van der Waals surface area (Å²) in [6, 6.07) is 16.0. The highest BCUT2D eigenvalue weighted by Gasteiger charge is 2.09. The molecule has 0 spiro atoms. The topological polar surface area (TPSA) is 54.0 Å². The van der Waals surface area contributed by atoms with Crippen LogP contribution in [0, 0.1) is 19.7 Å². The number of nitrogens with one attached hydrogen (secondary N) is 2. The Hall–Kier alpha value is -3.21. The Labute approximate surface area is 158 Å². The van der Waals surface area contributed by atoms with Gasteiger partial charge in [0.1, 0.15) is 11.6 Å². The molecule has 0 fully saturated rings. The van der Waals surface area contributed by atoms with Gasteiger partial charge >= 0.3 is 0 Å². The highest BCUT2D eigenvalue weighted by Crippen LogP contribution is 2.18. The van der Waals surface area contributed by atoms with Crippen molar-refractivity contribution in [3.8, 4) is 0 Å². The summed E-state index contributed by atoms with van der Waals surface area (Å²) in [7, 11) is 0. The first-order chi connectivity index (χ1) is 13.0. The predicted molar refractivity (Wildman–Crippen MR) is 107 cm³/mol. The fourth-order valence-corrected chi connectivity index (χ4v) is 2.76. The molecule has 4 nitrogen and oxygen atoms in total. The summed E-state index contributed by atoms with van der Waals surface area (Å²) < 4.78 is 13.7. The molecule has 0 bridgehead atoms. The summed E-state index contributed by atoms with van der Waals surface area (Å²) in [6.45, 7) is 4.46. The Morgan fingerprint density at radius 1 is 1.07 bits per heavy atom. The van der Waals surface area contributed by atoms with Crippen LogP contribution in [0.15, 0.2) is 60.8 Å². The molecule has 0 aliphatic heterocycles. The second-order valence-electron chi connectivity index (χ2n) is 6.47. The van der Waals surface area contributed by atoms with E-state index in [1.165, 1.54) is 6.07 Å². The van der Waals surface area contributed by atoms with E-state index in [1.807, 2.05) is 38.1 Å². The SMILES string of the molecule is Cc1ccc(C)c(NC(=O)c2ccnc(NCCc3ccccc3F)c2)c1. The molecule has 0 atom stereocenters. The molecule has 0 unspecified atom stereocenters. The van der Waals surface area contributed by atoms with Gasteiger partial charge in [0, 0.05) is 24.0 Å². The van der Waals surface area contributed by atoms with E-state index in [-0.39, 0.29) is 11.7 Å². The summed E-state index contributed by atoms with van der Waals surface area (Å²) in [4.78, 5) is 16.8. The van der Waals surface area contributed by atoms with Gasteiger partial charge in [0.05, 0.1) is 0 Å². The third-order valence-electron chi connectivity index (χ3n) is 4.32. The van der Waals surface area contributed by atoms with Crippen LogP contribution >= 0.6 is 0 Å². The lowest BCUT2D eigenvalue weighted by atomic mass is 10.1. The first-order valence-corrected chi connectivity index (χ1v) is 8.85. The van der Waals surface area contributed by atoms with Gasteiger partial charge < -0.3 is 10.6 Å². The predicted octanol–water partition coefficient (Wildman–Crippen LogP) is 4.74. The van der Waals surface area contributed by atoms with E-state index in [0.29, 0.717) is 29.9 Å². The molecule has 5 heteroatoms. The maximum atomic E-state index is 13.7. The number of nitrogens with zero attached hydrogens (tertiary/aromatic N) is 1. The highest BCUT2D eigenvalue weighted by molar-refractivity contribution is 6.05. The number of pyridine rings is 1. The number of anilines is 2. The van der Waals surface area contributed by atoms with E-state index < -0.39 is 0 Å². The second-order valence-corrected chi connectivity index (χ2v) is 6.47. The number of hydrogen-bond acceptors (Lipinski definition) is 3. The maximum Gasteiger partial charge on any atom is 0.255 e. The molecule has 3 rings (SSSR count). The van der Waals surface area contributed by atoms with Crippen LogP contribution in [0.25, 0.3) is 0 Å². The number of aromatic nitrogens is 1. The average molecular weight is 363 g/mol. The third kappa shape index (κ3) is 4.91. The molecule has 1 amide bonds. The van der Waals surface area contributed by atoms with Crippen molar-refractivity contribution in [3.05, 3.63) is 88.9 Å². The van der Waals surface area contributed by atoms with Crippen molar-refractivity contribution in [2.75, 3.05) is 17.2 Å². The number of carbonyl (C=O) groups is 1. The molecule has 138 valence electrons. The molecule has 3 aromatic rings. The lowest BCUT2D eigenvalue weighted by Gasteiger charge is -2.11. The third-order valence-corrected chi connectivity index (χ3v) is 4.32. The average Bonchev–Trinajstić information content (AvgIpc) is 2.66. The van der Waals surface area contributed by atoms with Crippen molar-refractivity contribution < 1.29 is 9.18 Å². The molecule has 0 radical (unpaired) electrons. The zero-order chi connectivity index (χ0) is 19.2. The first-order valence-electron chi connectivity index (χ1n) is 8.85. The van der Waals surface area contributed by atoms with Gasteiger partial charge in [0.25, 0.3) is 5.91 Å². The number of rotatable bonds is 6. The normalized spacial score (nSPS) is 10.5. The van der Waals surface area contributed by atoms with Crippen molar-refractivity contribution in [3.63, 3.8) is 0 Å². The quantitative estimate of drug-likeness (QED) is 0.665. The molecular weight excluding hydrogens is 341 g/mol.